The fourth-order valence-electron chi connectivity index (χ4n) is 3.41. The third kappa shape index (κ3) is 7.58. The zero-order valence-electron chi connectivity index (χ0n) is 19.8. The second kappa shape index (κ2) is 13.1. The van der Waals surface area contributed by atoms with E-state index in [1.165, 1.54) is 30.0 Å². The van der Waals surface area contributed by atoms with Crippen molar-refractivity contribution in [3.8, 4) is 11.4 Å². The molecule has 1 amide bonds. The maximum absolute atomic E-state index is 13.4. The maximum atomic E-state index is 13.4. The zero-order valence-corrected chi connectivity index (χ0v) is 24.5. The number of sulfonamides is 1. The number of amides is 1. The molecule has 0 fully saturated rings. The first-order valence-electron chi connectivity index (χ1n) is 11.3. The van der Waals surface area contributed by atoms with Crippen molar-refractivity contribution >= 4 is 66.8 Å². The van der Waals surface area contributed by atoms with Gasteiger partial charge in [-0.15, -0.1) is 5.10 Å². The van der Waals surface area contributed by atoms with Crippen LogP contribution in [0, 0.1) is 0 Å². The van der Waals surface area contributed by atoms with Crippen LogP contribution < -0.4 is 5.32 Å². The van der Waals surface area contributed by atoms with Crippen molar-refractivity contribution < 1.29 is 13.2 Å². The molecule has 1 aromatic heterocycles. The molecule has 4 aromatic rings. The molecule has 0 spiro atoms. The molecule has 4 rings (SSSR count). The van der Waals surface area contributed by atoms with Gasteiger partial charge in [0.15, 0.2) is 5.82 Å². The summed E-state index contributed by atoms with van der Waals surface area (Å²) in [6, 6.07) is 20.6. The van der Waals surface area contributed by atoms with E-state index in [9.17, 15) is 13.2 Å². The third-order valence-corrected chi connectivity index (χ3v) is 9.07. The van der Waals surface area contributed by atoms with Gasteiger partial charge in [-0.2, -0.15) is 4.31 Å². The van der Waals surface area contributed by atoms with E-state index in [1.807, 2.05) is 30.3 Å². The summed E-state index contributed by atoms with van der Waals surface area (Å²) in [6.07, 6.45) is 0. The Morgan fingerprint density at radius 3 is 2.50 bits per heavy atom. The summed E-state index contributed by atoms with van der Waals surface area (Å²) in [5, 5.41) is 11.2. The molecule has 8 nitrogen and oxygen atoms in total. The van der Waals surface area contributed by atoms with Crippen LogP contribution in [0.3, 0.4) is 0 Å². The quantitative estimate of drug-likeness (QED) is 0.160. The number of benzene rings is 3. The number of aromatic amines is 1. The highest BCUT2D eigenvalue weighted by atomic mass is 79.9. The van der Waals surface area contributed by atoms with E-state index < -0.39 is 15.9 Å². The van der Waals surface area contributed by atoms with Gasteiger partial charge in [0, 0.05) is 38.9 Å². The SMILES string of the molecule is O=C(CN(Cc1ccc(Cl)cc1Cl)S(=O)(=O)c1ccc(Br)cc1)NCCSc1n[nH]c(-c2ccccc2)n1. The fourth-order valence-corrected chi connectivity index (χ4v) is 6.17. The molecule has 0 saturated carbocycles. The van der Waals surface area contributed by atoms with E-state index in [-0.39, 0.29) is 18.0 Å². The molecule has 0 aliphatic carbocycles. The Balaban J connectivity index is 1.39. The number of hydrogen-bond donors (Lipinski definition) is 2. The monoisotopic (exact) mass is 653 g/mol. The van der Waals surface area contributed by atoms with Gasteiger partial charge >= 0.3 is 0 Å². The molecular weight excluding hydrogens is 633 g/mol. The molecular formula is C25H22BrCl2N5O3S2. The van der Waals surface area contributed by atoms with Crippen LogP contribution in [0.1, 0.15) is 5.56 Å². The minimum Gasteiger partial charge on any atom is -0.354 e. The summed E-state index contributed by atoms with van der Waals surface area (Å²) < 4.78 is 28.7. The first-order valence-corrected chi connectivity index (χ1v) is 15.3. The summed E-state index contributed by atoms with van der Waals surface area (Å²) in [6.45, 7) is -0.191. The molecule has 2 N–H and O–H groups in total. The molecule has 1 heterocycles. The highest BCUT2D eigenvalue weighted by molar-refractivity contribution is 9.10. The Morgan fingerprint density at radius 1 is 1.05 bits per heavy atom. The highest BCUT2D eigenvalue weighted by Gasteiger charge is 2.27. The Kier molecular flexibility index (Phi) is 9.85. The van der Waals surface area contributed by atoms with Crippen LogP contribution in [0.5, 0.6) is 0 Å². The predicted molar refractivity (Wildman–Crippen MR) is 154 cm³/mol. The highest BCUT2D eigenvalue weighted by Crippen LogP contribution is 2.26. The first kappa shape index (κ1) is 28.6. The number of thioether (sulfide) groups is 1. The van der Waals surface area contributed by atoms with Crippen molar-refractivity contribution in [1.82, 2.24) is 24.8 Å². The first-order chi connectivity index (χ1) is 18.2. The van der Waals surface area contributed by atoms with E-state index >= 15 is 0 Å². The molecule has 0 unspecified atom stereocenters. The van der Waals surface area contributed by atoms with Crippen LogP contribution in [-0.2, 0) is 21.4 Å². The topological polar surface area (TPSA) is 108 Å². The minimum absolute atomic E-state index is 0.0629. The number of nitrogens with one attached hydrogen (secondary N) is 2. The lowest BCUT2D eigenvalue weighted by atomic mass is 10.2. The van der Waals surface area contributed by atoms with Crippen molar-refractivity contribution in [2.75, 3.05) is 18.8 Å². The van der Waals surface area contributed by atoms with Gasteiger partial charge in [-0.1, -0.05) is 87.3 Å². The van der Waals surface area contributed by atoms with Gasteiger partial charge < -0.3 is 5.32 Å². The normalized spacial score (nSPS) is 11.6. The van der Waals surface area contributed by atoms with Crippen molar-refractivity contribution in [1.29, 1.82) is 0 Å². The second-order valence-electron chi connectivity index (χ2n) is 7.99. The average molecular weight is 655 g/mol. The molecule has 0 radical (unpaired) electrons. The van der Waals surface area contributed by atoms with E-state index in [2.05, 4.69) is 36.4 Å². The van der Waals surface area contributed by atoms with E-state index in [0.717, 1.165) is 14.3 Å². The lowest BCUT2D eigenvalue weighted by molar-refractivity contribution is -0.121. The number of H-pyrrole nitrogens is 1. The lowest BCUT2D eigenvalue weighted by Gasteiger charge is -2.22. The van der Waals surface area contributed by atoms with Crippen LogP contribution in [0.2, 0.25) is 10.0 Å². The van der Waals surface area contributed by atoms with Gasteiger partial charge in [0.1, 0.15) is 0 Å². The number of carbonyl (C=O) groups excluding carboxylic acids is 1. The molecule has 3 aromatic carbocycles. The van der Waals surface area contributed by atoms with Crippen molar-refractivity contribution in [2.24, 2.45) is 0 Å². The molecule has 0 aliphatic heterocycles. The van der Waals surface area contributed by atoms with E-state index in [0.29, 0.717) is 38.9 Å². The number of nitrogens with zero attached hydrogens (tertiary/aromatic N) is 3. The number of hydrogen-bond acceptors (Lipinski definition) is 6. The summed E-state index contributed by atoms with van der Waals surface area (Å²) in [7, 11) is -4.00. The van der Waals surface area contributed by atoms with Crippen LogP contribution >= 0.6 is 50.9 Å². The predicted octanol–water partition coefficient (Wildman–Crippen LogP) is 5.64. The maximum Gasteiger partial charge on any atom is 0.243 e. The molecule has 0 saturated heterocycles. The summed E-state index contributed by atoms with van der Waals surface area (Å²) in [5.74, 6) is 0.712. The van der Waals surface area contributed by atoms with Crippen LogP contribution in [0.4, 0.5) is 0 Å². The Labute approximate surface area is 243 Å². The lowest BCUT2D eigenvalue weighted by Crippen LogP contribution is -2.41. The Hall–Kier alpha value is -2.41. The largest absolute Gasteiger partial charge is 0.354 e. The molecule has 0 bridgehead atoms. The van der Waals surface area contributed by atoms with Crippen molar-refractivity contribution in [2.45, 2.75) is 16.6 Å². The van der Waals surface area contributed by atoms with Crippen molar-refractivity contribution in [3.05, 3.63) is 92.9 Å². The van der Waals surface area contributed by atoms with Crippen LogP contribution in [-0.4, -0.2) is 52.7 Å². The van der Waals surface area contributed by atoms with E-state index in [4.69, 9.17) is 23.2 Å². The number of rotatable bonds is 11. The summed E-state index contributed by atoms with van der Waals surface area (Å²) in [5.41, 5.74) is 1.45. The van der Waals surface area contributed by atoms with Crippen LogP contribution in [0.15, 0.2) is 87.3 Å². The molecule has 38 heavy (non-hydrogen) atoms. The van der Waals surface area contributed by atoms with Crippen molar-refractivity contribution in [3.63, 3.8) is 0 Å². The summed E-state index contributed by atoms with van der Waals surface area (Å²) in [4.78, 5) is 17.3. The zero-order chi connectivity index (χ0) is 27.1. The molecule has 13 heteroatoms. The van der Waals surface area contributed by atoms with Gasteiger partial charge in [0.2, 0.25) is 21.1 Å². The average Bonchev–Trinajstić information content (AvgIpc) is 3.37. The number of carbonyl (C=O) groups is 1. The van der Waals surface area contributed by atoms with Crippen LogP contribution in [0.25, 0.3) is 11.4 Å². The number of aromatic nitrogens is 3. The van der Waals surface area contributed by atoms with Gasteiger partial charge in [0.05, 0.1) is 11.4 Å². The van der Waals surface area contributed by atoms with Gasteiger partial charge in [-0.05, 0) is 42.0 Å². The minimum atomic E-state index is -4.00. The fraction of sp³-hybridized carbons (Fsp3) is 0.160. The molecule has 0 aliphatic rings. The standard InChI is InChI=1S/C25H22BrCl2N5O3S2/c26-19-7-10-21(11-8-19)38(35,36)33(15-18-6-9-20(27)14-22(18)28)16-23(34)29-12-13-37-25-30-24(31-32-25)17-4-2-1-3-5-17/h1-11,14H,12-13,15-16H2,(H,29,34)(H,30,31,32). The number of halogens is 3. The Morgan fingerprint density at radius 2 is 1.79 bits per heavy atom. The molecule has 0 atom stereocenters. The second-order valence-corrected chi connectivity index (χ2v) is 12.8. The van der Waals surface area contributed by atoms with Gasteiger partial charge in [-0.3, -0.25) is 9.89 Å². The van der Waals surface area contributed by atoms with Gasteiger partial charge in [-0.25, -0.2) is 13.4 Å². The third-order valence-electron chi connectivity index (χ3n) is 5.30. The van der Waals surface area contributed by atoms with Gasteiger partial charge in [0.25, 0.3) is 0 Å². The summed E-state index contributed by atoms with van der Waals surface area (Å²) >= 11 is 17.0. The Bertz CT molecular complexity index is 1500. The molecule has 198 valence electrons. The smallest absolute Gasteiger partial charge is 0.243 e. The van der Waals surface area contributed by atoms with E-state index in [1.54, 1.807) is 24.3 Å².